The van der Waals surface area contributed by atoms with E-state index in [1.807, 2.05) is 0 Å². The summed E-state index contributed by atoms with van der Waals surface area (Å²) in [7, 11) is -4.58. The maximum atomic E-state index is 11.1. The highest BCUT2D eigenvalue weighted by Crippen LogP contribution is 2.37. The summed E-state index contributed by atoms with van der Waals surface area (Å²) in [4.78, 5) is 28.5. The van der Waals surface area contributed by atoms with E-state index in [4.69, 9.17) is 20.6 Å². The van der Waals surface area contributed by atoms with E-state index >= 15 is 0 Å². The zero-order chi connectivity index (χ0) is 15.9. The molecule has 0 saturated heterocycles. The molecule has 21 heavy (non-hydrogen) atoms. The number of phosphoric acid groups is 1. The third-order valence-electron chi connectivity index (χ3n) is 2.66. The van der Waals surface area contributed by atoms with E-state index in [1.165, 1.54) is 12.1 Å². The van der Waals surface area contributed by atoms with Gasteiger partial charge in [-0.15, -0.1) is 0 Å². The van der Waals surface area contributed by atoms with Crippen LogP contribution in [0.15, 0.2) is 24.3 Å². The number of carboxylic acid groups (broad SMARTS) is 1. The summed E-state index contributed by atoms with van der Waals surface area (Å²) >= 11 is 0. The Morgan fingerprint density at radius 3 is 2.43 bits per heavy atom. The second-order valence-electron chi connectivity index (χ2n) is 4.42. The molecule has 1 atom stereocenters. The van der Waals surface area contributed by atoms with Crippen molar-refractivity contribution in [2.75, 3.05) is 13.1 Å². The Hall–Kier alpha value is -1.44. The molecule has 0 unspecified atom stereocenters. The minimum Gasteiger partial charge on any atom is -0.480 e. The van der Waals surface area contributed by atoms with E-state index in [0.29, 0.717) is 25.1 Å². The molecule has 0 aliphatic rings. The van der Waals surface area contributed by atoms with Crippen molar-refractivity contribution in [3.05, 3.63) is 29.8 Å². The summed E-state index contributed by atoms with van der Waals surface area (Å²) < 4.78 is 15.1. The van der Waals surface area contributed by atoms with E-state index in [9.17, 15) is 9.36 Å². The van der Waals surface area contributed by atoms with Crippen LogP contribution in [0.1, 0.15) is 12.0 Å². The van der Waals surface area contributed by atoms with Crippen molar-refractivity contribution in [1.82, 2.24) is 5.32 Å². The van der Waals surface area contributed by atoms with Gasteiger partial charge in [0.15, 0.2) is 0 Å². The predicted octanol–water partition coefficient (Wildman–Crippen LogP) is 0.0922. The van der Waals surface area contributed by atoms with Gasteiger partial charge < -0.3 is 20.7 Å². The molecular formula is C12H19N2O6P. The highest BCUT2D eigenvalue weighted by Gasteiger charge is 2.18. The lowest BCUT2D eigenvalue weighted by atomic mass is 10.1. The molecule has 1 rings (SSSR count). The van der Waals surface area contributed by atoms with Crippen molar-refractivity contribution < 1.29 is 28.8 Å². The Morgan fingerprint density at radius 1 is 1.33 bits per heavy atom. The topological polar surface area (TPSA) is 142 Å². The standard InChI is InChI=1S/C12H19N2O6P/c13-6-1-7-14-11(12(15)16)8-9-2-4-10(5-3-9)20-21(17,18)19/h2-5,11,14H,1,6-8,13H2,(H,15,16)(H2,17,18,19)/t11-/m0/s1. The van der Waals surface area contributed by atoms with E-state index in [1.54, 1.807) is 12.1 Å². The van der Waals surface area contributed by atoms with Gasteiger partial charge in [0, 0.05) is 0 Å². The van der Waals surface area contributed by atoms with E-state index in [2.05, 4.69) is 9.84 Å². The van der Waals surface area contributed by atoms with Crippen LogP contribution in [0.5, 0.6) is 5.75 Å². The summed E-state index contributed by atoms with van der Waals surface area (Å²) in [5.41, 5.74) is 6.05. The van der Waals surface area contributed by atoms with Crippen molar-refractivity contribution in [2.45, 2.75) is 18.9 Å². The molecule has 0 spiro atoms. The minimum atomic E-state index is -4.58. The molecule has 8 nitrogen and oxygen atoms in total. The summed E-state index contributed by atoms with van der Waals surface area (Å²) in [6.07, 6.45) is 0.926. The third kappa shape index (κ3) is 7.22. The normalized spacial score (nSPS) is 12.9. The molecule has 1 aromatic rings. The van der Waals surface area contributed by atoms with Gasteiger partial charge in [-0.3, -0.25) is 14.6 Å². The Balaban J connectivity index is 2.63. The van der Waals surface area contributed by atoms with Crippen LogP contribution in [-0.2, 0) is 15.8 Å². The molecule has 0 aliphatic heterocycles. The maximum Gasteiger partial charge on any atom is 0.524 e. The van der Waals surface area contributed by atoms with Crippen LogP contribution in [0.3, 0.4) is 0 Å². The van der Waals surface area contributed by atoms with Gasteiger partial charge in [0.25, 0.3) is 0 Å². The lowest BCUT2D eigenvalue weighted by molar-refractivity contribution is -0.139. The van der Waals surface area contributed by atoms with Crippen LogP contribution in [0, 0.1) is 0 Å². The molecule has 0 heterocycles. The lowest BCUT2D eigenvalue weighted by Crippen LogP contribution is -2.39. The van der Waals surface area contributed by atoms with E-state index in [0.717, 1.165) is 0 Å². The molecule has 0 fully saturated rings. The first kappa shape index (κ1) is 17.6. The number of benzene rings is 1. The Kier molecular flexibility index (Phi) is 6.80. The van der Waals surface area contributed by atoms with Crippen LogP contribution in [0.2, 0.25) is 0 Å². The SMILES string of the molecule is NCCCN[C@@H](Cc1ccc(OP(=O)(O)O)cc1)C(=O)O. The van der Waals surface area contributed by atoms with Crippen molar-refractivity contribution in [3.63, 3.8) is 0 Å². The third-order valence-corrected chi connectivity index (χ3v) is 3.11. The van der Waals surface area contributed by atoms with Crippen LogP contribution in [0.4, 0.5) is 0 Å². The molecule has 0 saturated carbocycles. The fraction of sp³-hybridized carbons (Fsp3) is 0.417. The van der Waals surface area contributed by atoms with E-state index < -0.39 is 19.8 Å². The molecule has 0 bridgehead atoms. The summed E-state index contributed by atoms with van der Waals surface area (Å²) in [5, 5.41) is 12.0. The summed E-state index contributed by atoms with van der Waals surface area (Å²) in [6, 6.07) is 5.14. The second-order valence-corrected chi connectivity index (χ2v) is 5.58. The van der Waals surface area contributed by atoms with Crippen molar-refractivity contribution in [1.29, 1.82) is 0 Å². The van der Waals surface area contributed by atoms with Crippen LogP contribution in [-0.4, -0.2) is 40.0 Å². The quantitative estimate of drug-likeness (QED) is 0.318. The first-order valence-electron chi connectivity index (χ1n) is 6.32. The fourth-order valence-electron chi connectivity index (χ4n) is 1.68. The molecule has 0 radical (unpaired) electrons. The highest BCUT2D eigenvalue weighted by molar-refractivity contribution is 7.46. The molecule has 0 aromatic heterocycles. The molecule has 1 aromatic carbocycles. The van der Waals surface area contributed by atoms with Gasteiger partial charge in [0.1, 0.15) is 11.8 Å². The van der Waals surface area contributed by atoms with Crippen molar-refractivity contribution in [3.8, 4) is 5.75 Å². The molecule has 0 amide bonds. The van der Waals surface area contributed by atoms with Crippen LogP contribution < -0.4 is 15.6 Å². The number of nitrogens with one attached hydrogen (secondary N) is 1. The van der Waals surface area contributed by atoms with Gasteiger partial charge in [0.05, 0.1) is 0 Å². The number of aliphatic carboxylic acids is 1. The molecular weight excluding hydrogens is 299 g/mol. The number of phosphoric ester groups is 1. The van der Waals surface area contributed by atoms with Gasteiger partial charge in [-0.25, -0.2) is 4.57 Å². The van der Waals surface area contributed by atoms with Gasteiger partial charge in [-0.2, -0.15) is 0 Å². The number of hydrogen-bond acceptors (Lipinski definition) is 5. The molecule has 9 heteroatoms. The highest BCUT2D eigenvalue weighted by atomic mass is 31.2. The first-order valence-corrected chi connectivity index (χ1v) is 7.85. The summed E-state index contributed by atoms with van der Waals surface area (Å²) in [5.74, 6) is -0.947. The first-order chi connectivity index (χ1) is 9.81. The van der Waals surface area contributed by atoms with Gasteiger partial charge in [-0.1, -0.05) is 12.1 Å². The van der Waals surface area contributed by atoms with Crippen LogP contribution >= 0.6 is 7.82 Å². The van der Waals surface area contributed by atoms with Crippen molar-refractivity contribution in [2.24, 2.45) is 5.73 Å². The smallest absolute Gasteiger partial charge is 0.480 e. The fourth-order valence-corrected chi connectivity index (χ4v) is 2.08. The average Bonchev–Trinajstić information content (AvgIpc) is 2.38. The molecule has 0 aliphatic carbocycles. The van der Waals surface area contributed by atoms with Gasteiger partial charge in [-0.05, 0) is 43.6 Å². The Labute approximate surface area is 122 Å². The van der Waals surface area contributed by atoms with Gasteiger partial charge in [0.2, 0.25) is 0 Å². The number of rotatable bonds is 9. The van der Waals surface area contributed by atoms with Gasteiger partial charge >= 0.3 is 13.8 Å². The lowest BCUT2D eigenvalue weighted by Gasteiger charge is -2.14. The number of carbonyl (C=O) groups is 1. The molecule has 118 valence electrons. The second kappa shape index (κ2) is 8.11. The van der Waals surface area contributed by atoms with Crippen molar-refractivity contribution >= 4 is 13.8 Å². The predicted molar refractivity (Wildman–Crippen MR) is 75.9 cm³/mol. The maximum absolute atomic E-state index is 11.1. The number of nitrogens with two attached hydrogens (primary N) is 1. The largest absolute Gasteiger partial charge is 0.524 e. The summed E-state index contributed by atoms with van der Waals surface area (Å²) in [6.45, 7) is 0.987. The number of carboxylic acids is 1. The molecule has 6 N–H and O–H groups in total. The zero-order valence-electron chi connectivity index (χ0n) is 11.3. The van der Waals surface area contributed by atoms with Crippen LogP contribution in [0.25, 0.3) is 0 Å². The Bertz CT molecular complexity index is 501. The van der Waals surface area contributed by atoms with E-state index in [-0.39, 0.29) is 12.2 Å². The monoisotopic (exact) mass is 318 g/mol. The minimum absolute atomic E-state index is 0.0232. The average molecular weight is 318 g/mol. The Morgan fingerprint density at radius 2 is 1.95 bits per heavy atom. The zero-order valence-corrected chi connectivity index (χ0v) is 12.2. The number of hydrogen-bond donors (Lipinski definition) is 5.